The molecule has 0 spiro atoms. The lowest BCUT2D eigenvalue weighted by atomic mass is 10.1. The molecule has 0 radical (unpaired) electrons. The fourth-order valence-corrected chi connectivity index (χ4v) is 3.43. The summed E-state index contributed by atoms with van der Waals surface area (Å²) in [6.45, 7) is 9.28. The van der Waals surface area contributed by atoms with Crippen molar-refractivity contribution < 1.29 is 13.6 Å². The van der Waals surface area contributed by atoms with E-state index in [1.165, 1.54) is 6.07 Å². The highest BCUT2D eigenvalue weighted by Crippen LogP contribution is 2.20. The molecule has 1 atom stereocenters. The van der Waals surface area contributed by atoms with Crippen molar-refractivity contribution in [3.63, 3.8) is 0 Å². The van der Waals surface area contributed by atoms with Crippen molar-refractivity contribution in [2.45, 2.75) is 19.9 Å². The number of hydrogen-bond acceptors (Lipinski definition) is 4. The van der Waals surface area contributed by atoms with Crippen LogP contribution in [-0.2, 0) is 4.79 Å². The van der Waals surface area contributed by atoms with E-state index in [0.29, 0.717) is 5.56 Å². The van der Waals surface area contributed by atoms with E-state index in [4.69, 9.17) is 0 Å². The second kappa shape index (κ2) is 9.80. The minimum atomic E-state index is -0.892. The molecule has 1 amide bonds. The number of anilines is 2. The zero-order chi connectivity index (χ0) is 20.8. The number of piperazine rings is 1. The van der Waals surface area contributed by atoms with Crippen molar-refractivity contribution in [1.29, 1.82) is 0 Å². The van der Waals surface area contributed by atoms with E-state index in [2.05, 4.69) is 27.4 Å². The fourth-order valence-electron chi connectivity index (χ4n) is 3.43. The standard InChI is InChI=1S/C22H28F2N4O/c1-3-27-10-12-28(13-11-27)19-7-5-18(6-8-19)26-22(29)15-25-16(2)17-4-9-20(23)21(24)14-17/h4-9,14,16,25H,3,10-13,15H2,1-2H3,(H,26,29)/t16-/m0/s1. The van der Waals surface area contributed by atoms with Crippen LogP contribution >= 0.6 is 0 Å². The highest BCUT2D eigenvalue weighted by molar-refractivity contribution is 5.92. The predicted octanol–water partition coefficient (Wildman–Crippen LogP) is 3.40. The van der Waals surface area contributed by atoms with Gasteiger partial charge in [-0.05, 0) is 55.4 Å². The van der Waals surface area contributed by atoms with E-state index >= 15 is 0 Å². The second-order valence-corrected chi connectivity index (χ2v) is 7.29. The average Bonchev–Trinajstić information content (AvgIpc) is 2.74. The number of carbonyl (C=O) groups excluding carboxylic acids is 1. The highest BCUT2D eigenvalue weighted by atomic mass is 19.2. The van der Waals surface area contributed by atoms with Crippen molar-refractivity contribution in [2.24, 2.45) is 0 Å². The Labute approximate surface area is 170 Å². The first-order valence-electron chi connectivity index (χ1n) is 10.0. The molecule has 156 valence electrons. The summed E-state index contributed by atoms with van der Waals surface area (Å²) < 4.78 is 26.4. The SMILES string of the molecule is CCN1CCN(c2ccc(NC(=O)CN[C@@H](C)c3ccc(F)c(F)c3)cc2)CC1. The van der Waals surface area contributed by atoms with Gasteiger partial charge in [0.25, 0.3) is 0 Å². The topological polar surface area (TPSA) is 47.6 Å². The molecule has 0 saturated carbocycles. The van der Waals surface area contributed by atoms with Crippen LogP contribution in [0.2, 0.25) is 0 Å². The van der Waals surface area contributed by atoms with Gasteiger partial charge in [-0.2, -0.15) is 0 Å². The summed E-state index contributed by atoms with van der Waals surface area (Å²) in [5.41, 5.74) is 2.47. The van der Waals surface area contributed by atoms with E-state index in [1.807, 2.05) is 24.3 Å². The number of hydrogen-bond donors (Lipinski definition) is 2. The van der Waals surface area contributed by atoms with Gasteiger partial charge < -0.3 is 20.4 Å². The number of carbonyl (C=O) groups is 1. The van der Waals surface area contributed by atoms with Gasteiger partial charge in [0.15, 0.2) is 11.6 Å². The Balaban J connectivity index is 1.47. The molecule has 0 aromatic heterocycles. The van der Waals surface area contributed by atoms with Crippen LogP contribution in [0.4, 0.5) is 20.2 Å². The van der Waals surface area contributed by atoms with Gasteiger partial charge in [0.1, 0.15) is 0 Å². The third kappa shape index (κ3) is 5.74. The van der Waals surface area contributed by atoms with Crippen LogP contribution < -0.4 is 15.5 Å². The molecule has 1 heterocycles. The van der Waals surface area contributed by atoms with E-state index in [1.54, 1.807) is 6.92 Å². The number of halogens is 2. The molecule has 1 aliphatic rings. The Bertz CT molecular complexity index is 820. The average molecular weight is 402 g/mol. The smallest absolute Gasteiger partial charge is 0.238 e. The van der Waals surface area contributed by atoms with E-state index in [-0.39, 0.29) is 18.5 Å². The van der Waals surface area contributed by atoms with Gasteiger partial charge >= 0.3 is 0 Å². The number of likely N-dealkylation sites (N-methyl/N-ethyl adjacent to an activating group) is 1. The Kier molecular flexibility index (Phi) is 7.17. The lowest BCUT2D eigenvalue weighted by Crippen LogP contribution is -2.46. The molecule has 2 aromatic carbocycles. The maximum absolute atomic E-state index is 13.3. The van der Waals surface area contributed by atoms with Crippen molar-refractivity contribution in [1.82, 2.24) is 10.2 Å². The molecular formula is C22H28F2N4O. The number of nitrogens with one attached hydrogen (secondary N) is 2. The minimum Gasteiger partial charge on any atom is -0.369 e. The van der Waals surface area contributed by atoms with Gasteiger partial charge in [-0.15, -0.1) is 0 Å². The number of amides is 1. The maximum Gasteiger partial charge on any atom is 0.238 e. The lowest BCUT2D eigenvalue weighted by molar-refractivity contribution is -0.115. The predicted molar refractivity (Wildman–Crippen MR) is 112 cm³/mol. The van der Waals surface area contributed by atoms with Gasteiger partial charge in [0, 0.05) is 43.6 Å². The summed E-state index contributed by atoms with van der Waals surface area (Å²) >= 11 is 0. The van der Waals surface area contributed by atoms with E-state index in [9.17, 15) is 13.6 Å². The molecule has 29 heavy (non-hydrogen) atoms. The summed E-state index contributed by atoms with van der Waals surface area (Å²) in [5, 5.41) is 5.88. The molecule has 0 aliphatic carbocycles. The summed E-state index contributed by atoms with van der Waals surface area (Å²) in [5.74, 6) is -1.96. The summed E-state index contributed by atoms with van der Waals surface area (Å²) in [7, 11) is 0. The molecule has 1 fully saturated rings. The number of nitrogens with zero attached hydrogens (tertiary/aromatic N) is 2. The Morgan fingerprint density at radius 3 is 2.34 bits per heavy atom. The lowest BCUT2D eigenvalue weighted by Gasteiger charge is -2.35. The zero-order valence-corrected chi connectivity index (χ0v) is 16.9. The molecule has 3 rings (SSSR count). The van der Waals surface area contributed by atoms with Crippen molar-refractivity contribution in [2.75, 3.05) is 49.5 Å². The van der Waals surface area contributed by atoms with Gasteiger partial charge in [-0.1, -0.05) is 13.0 Å². The molecule has 0 unspecified atom stereocenters. The number of rotatable bonds is 7. The summed E-state index contributed by atoms with van der Waals surface area (Å²) in [4.78, 5) is 17.0. The molecule has 7 heteroatoms. The van der Waals surface area contributed by atoms with Gasteiger partial charge in [-0.25, -0.2) is 8.78 Å². The van der Waals surface area contributed by atoms with Crippen molar-refractivity contribution in [3.05, 3.63) is 59.7 Å². The second-order valence-electron chi connectivity index (χ2n) is 7.29. The number of benzene rings is 2. The van der Waals surface area contributed by atoms with Crippen molar-refractivity contribution in [3.8, 4) is 0 Å². The van der Waals surface area contributed by atoms with E-state index < -0.39 is 11.6 Å². The molecular weight excluding hydrogens is 374 g/mol. The molecule has 2 N–H and O–H groups in total. The largest absolute Gasteiger partial charge is 0.369 e. The molecule has 0 bridgehead atoms. The first kappa shape index (κ1) is 21.2. The molecule has 1 saturated heterocycles. The Morgan fingerprint density at radius 1 is 1.03 bits per heavy atom. The summed E-state index contributed by atoms with van der Waals surface area (Å²) in [6, 6.07) is 11.3. The van der Waals surface area contributed by atoms with Crippen LogP contribution in [0.15, 0.2) is 42.5 Å². The molecule has 5 nitrogen and oxygen atoms in total. The Morgan fingerprint density at radius 2 is 1.72 bits per heavy atom. The van der Waals surface area contributed by atoms with Gasteiger partial charge in [0.2, 0.25) is 5.91 Å². The first-order valence-corrected chi connectivity index (χ1v) is 10.0. The van der Waals surface area contributed by atoms with Crippen LogP contribution in [0, 0.1) is 11.6 Å². The van der Waals surface area contributed by atoms with Crippen LogP contribution in [0.25, 0.3) is 0 Å². The molecule has 2 aromatic rings. The highest BCUT2D eigenvalue weighted by Gasteiger charge is 2.16. The first-order chi connectivity index (χ1) is 14.0. The van der Waals surface area contributed by atoms with Crippen LogP contribution in [0.5, 0.6) is 0 Å². The zero-order valence-electron chi connectivity index (χ0n) is 16.9. The third-order valence-electron chi connectivity index (χ3n) is 5.35. The Hall–Kier alpha value is -2.51. The fraction of sp³-hybridized carbons (Fsp3) is 0.409. The third-order valence-corrected chi connectivity index (χ3v) is 5.35. The summed E-state index contributed by atoms with van der Waals surface area (Å²) in [6.07, 6.45) is 0. The van der Waals surface area contributed by atoms with Crippen LogP contribution in [-0.4, -0.2) is 50.1 Å². The quantitative estimate of drug-likeness (QED) is 0.745. The van der Waals surface area contributed by atoms with Crippen LogP contribution in [0.3, 0.4) is 0 Å². The normalized spacial score (nSPS) is 15.9. The van der Waals surface area contributed by atoms with Gasteiger partial charge in [0.05, 0.1) is 6.54 Å². The maximum atomic E-state index is 13.3. The minimum absolute atomic E-state index is 0.0703. The monoisotopic (exact) mass is 402 g/mol. The van der Waals surface area contributed by atoms with Crippen LogP contribution in [0.1, 0.15) is 25.5 Å². The molecule has 1 aliphatic heterocycles. The van der Waals surface area contributed by atoms with Gasteiger partial charge in [-0.3, -0.25) is 4.79 Å². The van der Waals surface area contributed by atoms with E-state index in [0.717, 1.165) is 56.2 Å². The van der Waals surface area contributed by atoms with Crippen molar-refractivity contribution >= 4 is 17.3 Å².